The van der Waals surface area contributed by atoms with Gasteiger partial charge in [0.2, 0.25) is 0 Å². The number of nitrogens with one attached hydrogen (secondary N) is 2. The standard InChI is InChI=1S/C18H19N3O7/c1-2-26-15-8-12(5-6-14(15)28-11-16(22)23)9-20-21-18(25)17(24)19-10-13-4-3-7-27-13/h3-9H,2,10-11H2,1H3,(H,19,24)(H,21,25)(H,22,23)/p-1/b20-9-. The molecule has 2 aromatic rings. The lowest BCUT2D eigenvalue weighted by Gasteiger charge is -2.12. The van der Waals surface area contributed by atoms with Crippen molar-refractivity contribution in [3.63, 3.8) is 0 Å². The highest BCUT2D eigenvalue weighted by Gasteiger charge is 2.12. The number of carboxylic acids is 1. The maximum Gasteiger partial charge on any atom is 0.329 e. The van der Waals surface area contributed by atoms with Gasteiger partial charge in [-0.1, -0.05) is 0 Å². The van der Waals surface area contributed by atoms with Crippen LogP contribution in [-0.2, 0) is 20.9 Å². The molecule has 28 heavy (non-hydrogen) atoms. The predicted octanol–water partition coefficient (Wildman–Crippen LogP) is -0.426. The van der Waals surface area contributed by atoms with Crippen LogP contribution < -0.4 is 25.3 Å². The fourth-order valence-corrected chi connectivity index (χ4v) is 2.01. The zero-order valence-electron chi connectivity index (χ0n) is 15.0. The molecule has 2 amide bonds. The quantitative estimate of drug-likeness (QED) is 0.337. The third kappa shape index (κ3) is 6.48. The van der Waals surface area contributed by atoms with E-state index in [0.29, 0.717) is 23.7 Å². The number of carboxylic acid groups (broad SMARTS) is 1. The number of benzene rings is 1. The Bertz CT molecular complexity index is 847. The van der Waals surface area contributed by atoms with E-state index in [1.54, 1.807) is 31.2 Å². The molecule has 10 heteroatoms. The van der Waals surface area contributed by atoms with Gasteiger partial charge in [-0.05, 0) is 42.8 Å². The van der Waals surface area contributed by atoms with Crippen LogP contribution in [-0.4, -0.2) is 37.2 Å². The van der Waals surface area contributed by atoms with Crippen LogP contribution in [0.25, 0.3) is 0 Å². The highest BCUT2D eigenvalue weighted by Crippen LogP contribution is 2.27. The number of nitrogens with zero attached hydrogens (tertiary/aromatic N) is 1. The summed E-state index contributed by atoms with van der Waals surface area (Å²) in [6, 6.07) is 7.93. The van der Waals surface area contributed by atoms with E-state index in [-0.39, 0.29) is 12.3 Å². The van der Waals surface area contributed by atoms with Crippen LogP contribution in [0, 0.1) is 0 Å². The van der Waals surface area contributed by atoms with Crippen molar-refractivity contribution in [2.45, 2.75) is 13.5 Å². The summed E-state index contributed by atoms with van der Waals surface area (Å²) >= 11 is 0. The number of hydrogen-bond acceptors (Lipinski definition) is 8. The summed E-state index contributed by atoms with van der Waals surface area (Å²) in [4.78, 5) is 33.9. The van der Waals surface area contributed by atoms with E-state index in [4.69, 9.17) is 13.9 Å². The van der Waals surface area contributed by atoms with Crippen molar-refractivity contribution in [2.24, 2.45) is 5.10 Å². The van der Waals surface area contributed by atoms with Crippen LogP contribution in [0.2, 0.25) is 0 Å². The first-order valence-corrected chi connectivity index (χ1v) is 8.22. The van der Waals surface area contributed by atoms with Gasteiger partial charge >= 0.3 is 11.8 Å². The molecular formula is C18H18N3O7-. The zero-order valence-corrected chi connectivity index (χ0v) is 15.0. The number of furan rings is 1. The molecule has 0 saturated heterocycles. The molecule has 0 radical (unpaired) electrons. The summed E-state index contributed by atoms with van der Waals surface area (Å²) in [6.45, 7) is 1.55. The smallest absolute Gasteiger partial charge is 0.329 e. The summed E-state index contributed by atoms with van der Waals surface area (Å²) in [5.74, 6) is -2.13. The lowest BCUT2D eigenvalue weighted by atomic mass is 10.2. The summed E-state index contributed by atoms with van der Waals surface area (Å²) in [7, 11) is 0. The number of hydrazone groups is 1. The molecule has 1 heterocycles. The van der Waals surface area contributed by atoms with Gasteiger partial charge in [0.05, 0.1) is 31.6 Å². The molecule has 0 aliphatic rings. The monoisotopic (exact) mass is 388 g/mol. The van der Waals surface area contributed by atoms with Crippen molar-refractivity contribution in [1.29, 1.82) is 0 Å². The first-order chi connectivity index (χ1) is 13.5. The Kier molecular flexibility index (Phi) is 7.58. The van der Waals surface area contributed by atoms with Crippen LogP contribution in [0.5, 0.6) is 11.5 Å². The van der Waals surface area contributed by atoms with Crippen LogP contribution in [0.1, 0.15) is 18.2 Å². The fraction of sp³-hybridized carbons (Fsp3) is 0.222. The van der Waals surface area contributed by atoms with E-state index in [1.165, 1.54) is 18.5 Å². The van der Waals surface area contributed by atoms with Gasteiger partial charge in [0.25, 0.3) is 0 Å². The van der Waals surface area contributed by atoms with Crippen LogP contribution in [0.4, 0.5) is 0 Å². The van der Waals surface area contributed by atoms with Gasteiger partial charge in [0, 0.05) is 0 Å². The van der Waals surface area contributed by atoms with E-state index in [9.17, 15) is 19.5 Å². The summed E-state index contributed by atoms with van der Waals surface area (Å²) in [6.07, 6.45) is 2.75. The molecule has 0 fully saturated rings. The average Bonchev–Trinajstić information content (AvgIpc) is 3.19. The molecule has 0 saturated carbocycles. The summed E-state index contributed by atoms with van der Waals surface area (Å²) < 4.78 is 15.5. The molecule has 10 nitrogen and oxygen atoms in total. The number of amides is 2. The predicted molar refractivity (Wildman–Crippen MR) is 94.4 cm³/mol. The van der Waals surface area contributed by atoms with Gasteiger partial charge in [-0.15, -0.1) is 0 Å². The van der Waals surface area contributed by atoms with Gasteiger partial charge in [0.1, 0.15) is 12.4 Å². The highest BCUT2D eigenvalue weighted by molar-refractivity contribution is 6.35. The molecule has 0 aliphatic carbocycles. The van der Waals surface area contributed by atoms with Crippen LogP contribution >= 0.6 is 0 Å². The fourth-order valence-electron chi connectivity index (χ4n) is 2.01. The molecule has 1 aromatic carbocycles. The number of rotatable bonds is 9. The third-order valence-corrected chi connectivity index (χ3v) is 3.20. The van der Waals surface area contributed by atoms with Crippen LogP contribution in [0.15, 0.2) is 46.1 Å². The first kappa shape index (κ1) is 20.5. The second-order valence-corrected chi connectivity index (χ2v) is 5.26. The van der Waals surface area contributed by atoms with Crippen molar-refractivity contribution in [1.82, 2.24) is 10.7 Å². The van der Waals surface area contributed by atoms with E-state index >= 15 is 0 Å². The molecule has 2 N–H and O–H groups in total. The molecule has 1 aromatic heterocycles. The van der Waals surface area contributed by atoms with Gasteiger partial charge in [-0.3, -0.25) is 9.59 Å². The molecule has 0 unspecified atom stereocenters. The maximum atomic E-state index is 11.7. The van der Waals surface area contributed by atoms with Crippen molar-refractivity contribution in [3.05, 3.63) is 47.9 Å². The molecular weight excluding hydrogens is 370 g/mol. The second-order valence-electron chi connectivity index (χ2n) is 5.26. The highest BCUT2D eigenvalue weighted by atomic mass is 16.5. The Morgan fingerprint density at radius 3 is 2.68 bits per heavy atom. The minimum absolute atomic E-state index is 0.0774. The van der Waals surface area contributed by atoms with E-state index < -0.39 is 24.4 Å². The lowest BCUT2D eigenvalue weighted by Crippen LogP contribution is -2.37. The van der Waals surface area contributed by atoms with Gasteiger partial charge in [-0.25, -0.2) is 5.43 Å². The molecule has 148 valence electrons. The largest absolute Gasteiger partial charge is 0.546 e. The summed E-state index contributed by atoms with van der Waals surface area (Å²) in [5, 5.41) is 16.6. The van der Waals surface area contributed by atoms with Crippen LogP contribution in [0.3, 0.4) is 0 Å². The number of carbonyl (C=O) groups is 3. The Morgan fingerprint density at radius 2 is 2.00 bits per heavy atom. The van der Waals surface area contributed by atoms with Gasteiger partial charge < -0.3 is 29.1 Å². The number of ether oxygens (including phenoxy) is 2. The van der Waals surface area contributed by atoms with Crippen molar-refractivity contribution in [3.8, 4) is 11.5 Å². The third-order valence-electron chi connectivity index (χ3n) is 3.20. The van der Waals surface area contributed by atoms with E-state index in [0.717, 1.165) is 0 Å². The summed E-state index contributed by atoms with van der Waals surface area (Å²) in [5.41, 5.74) is 2.63. The second kappa shape index (κ2) is 10.4. The molecule has 0 aliphatic heterocycles. The number of carbonyl (C=O) groups excluding carboxylic acids is 3. The molecule has 0 bridgehead atoms. The molecule has 0 spiro atoms. The van der Waals surface area contributed by atoms with Gasteiger partial charge in [-0.2, -0.15) is 5.10 Å². The Morgan fingerprint density at radius 1 is 1.18 bits per heavy atom. The van der Waals surface area contributed by atoms with E-state index in [2.05, 4.69) is 15.8 Å². The Balaban J connectivity index is 1.91. The zero-order chi connectivity index (χ0) is 20.4. The number of hydrogen-bond donors (Lipinski definition) is 2. The Labute approximate surface area is 160 Å². The topological polar surface area (TPSA) is 142 Å². The van der Waals surface area contributed by atoms with Crippen molar-refractivity contribution >= 4 is 24.0 Å². The van der Waals surface area contributed by atoms with Crippen molar-refractivity contribution in [2.75, 3.05) is 13.2 Å². The normalized spacial score (nSPS) is 10.5. The lowest BCUT2D eigenvalue weighted by molar-refractivity contribution is -0.307. The van der Waals surface area contributed by atoms with Gasteiger partial charge in [0.15, 0.2) is 11.5 Å². The molecule has 0 atom stereocenters. The maximum absolute atomic E-state index is 11.7. The SMILES string of the molecule is CCOc1cc(/C=N\NC(=O)C(=O)NCc2ccco2)ccc1OCC(=O)[O-]. The average molecular weight is 388 g/mol. The molecule has 2 rings (SSSR count). The first-order valence-electron chi connectivity index (χ1n) is 8.22. The van der Waals surface area contributed by atoms with Crippen molar-refractivity contribution < 1.29 is 33.4 Å². The minimum Gasteiger partial charge on any atom is -0.546 e. The Hall–Kier alpha value is -3.82. The van der Waals surface area contributed by atoms with E-state index in [1.807, 2.05) is 0 Å². The number of aliphatic carboxylic acids is 1. The minimum atomic E-state index is -1.36.